The van der Waals surface area contributed by atoms with Crippen LogP contribution in [0.5, 0.6) is 5.75 Å². The van der Waals surface area contributed by atoms with Crippen LogP contribution in [0.15, 0.2) is 30.3 Å². The van der Waals surface area contributed by atoms with Gasteiger partial charge >= 0.3 is 5.97 Å². The Morgan fingerprint density at radius 2 is 1.78 bits per heavy atom. The zero-order valence-corrected chi connectivity index (χ0v) is 20.6. The maximum atomic E-state index is 11.5. The molecule has 1 aliphatic carbocycles. The van der Waals surface area contributed by atoms with Crippen LogP contribution in [0.4, 0.5) is 0 Å². The smallest absolute Gasteiger partial charge is 0.305 e. The average Bonchev–Trinajstić information content (AvgIpc) is 2.77. The van der Waals surface area contributed by atoms with Gasteiger partial charge in [0.2, 0.25) is 0 Å². The molecule has 0 saturated heterocycles. The van der Waals surface area contributed by atoms with E-state index in [4.69, 9.17) is 9.47 Å². The highest BCUT2D eigenvalue weighted by atomic mass is 16.5. The second-order valence-corrected chi connectivity index (χ2v) is 10.5. The number of hydrogen-bond donors (Lipinski definition) is 1. The SMILES string of the molecule is CCOC(=O)CCCCC1C=C(c2ccc(OC3CCC(C(C)(C)C)CC3)cc2)CCN1. The minimum Gasteiger partial charge on any atom is -0.490 e. The van der Waals surface area contributed by atoms with Crippen molar-refractivity contribution in [2.75, 3.05) is 13.2 Å². The molecule has 1 saturated carbocycles. The molecule has 1 aliphatic heterocycles. The van der Waals surface area contributed by atoms with Gasteiger partial charge in [0.25, 0.3) is 0 Å². The second-order valence-electron chi connectivity index (χ2n) is 10.5. The predicted octanol–water partition coefficient (Wildman–Crippen LogP) is 6.54. The molecule has 3 rings (SSSR count). The van der Waals surface area contributed by atoms with Crippen LogP contribution in [0.3, 0.4) is 0 Å². The summed E-state index contributed by atoms with van der Waals surface area (Å²) in [4.78, 5) is 11.5. The number of unbranched alkanes of at least 4 members (excludes halogenated alkanes) is 1. The van der Waals surface area contributed by atoms with E-state index >= 15 is 0 Å². The van der Waals surface area contributed by atoms with E-state index in [1.807, 2.05) is 6.92 Å². The van der Waals surface area contributed by atoms with E-state index in [0.717, 1.165) is 43.9 Å². The van der Waals surface area contributed by atoms with E-state index in [1.54, 1.807) is 0 Å². The highest BCUT2D eigenvalue weighted by molar-refractivity contribution is 5.69. The Bertz CT molecular complexity index is 739. The second kappa shape index (κ2) is 11.9. The first-order chi connectivity index (χ1) is 15.3. The molecule has 1 unspecified atom stereocenters. The van der Waals surface area contributed by atoms with E-state index in [0.29, 0.717) is 30.6 Å². The summed E-state index contributed by atoms with van der Waals surface area (Å²) in [6.45, 7) is 10.4. The van der Waals surface area contributed by atoms with Crippen molar-refractivity contribution in [1.82, 2.24) is 5.32 Å². The fraction of sp³-hybridized carbons (Fsp3) is 0.679. The number of carbonyl (C=O) groups excluding carboxylic acids is 1. The third kappa shape index (κ3) is 7.65. The summed E-state index contributed by atoms with van der Waals surface area (Å²) in [5.41, 5.74) is 3.12. The van der Waals surface area contributed by atoms with Crippen LogP contribution in [0.25, 0.3) is 5.57 Å². The van der Waals surface area contributed by atoms with Crippen LogP contribution in [0, 0.1) is 11.3 Å². The predicted molar refractivity (Wildman–Crippen MR) is 132 cm³/mol. The minimum atomic E-state index is -0.0788. The molecule has 4 nitrogen and oxygen atoms in total. The minimum absolute atomic E-state index is 0.0788. The van der Waals surface area contributed by atoms with E-state index < -0.39 is 0 Å². The molecule has 1 aromatic carbocycles. The van der Waals surface area contributed by atoms with Crippen molar-refractivity contribution < 1.29 is 14.3 Å². The summed E-state index contributed by atoms with van der Waals surface area (Å²) in [5.74, 6) is 1.73. The van der Waals surface area contributed by atoms with Crippen LogP contribution in [-0.4, -0.2) is 31.3 Å². The number of nitrogens with one attached hydrogen (secondary N) is 1. The summed E-state index contributed by atoms with van der Waals surface area (Å²) >= 11 is 0. The third-order valence-corrected chi connectivity index (χ3v) is 7.08. The molecule has 0 aromatic heterocycles. The third-order valence-electron chi connectivity index (χ3n) is 7.08. The fourth-order valence-corrected chi connectivity index (χ4v) is 5.06. The molecule has 0 amide bonds. The van der Waals surface area contributed by atoms with Crippen molar-refractivity contribution in [3.05, 3.63) is 35.9 Å². The fourth-order valence-electron chi connectivity index (χ4n) is 5.06. The molecule has 1 aromatic rings. The molecular weight excluding hydrogens is 398 g/mol. The Hall–Kier alpha value is -1.81. The molecule has 178 valence electrons. The largest absolute Gasteiger partial charge is 0.490 e. The van der Waals surface area contributed by atoms with Gasteiger partial charge in [-0.3, -0.25) is 4.79 Å². The van der Waals surface area contributed by atoms with Gasteiger partial charge in [-0.05, 0) is 93.0 Å². The summed E-state index contributed by atoms with van der Waals surface area (Å²) < 4.78 is 11.3. The number of hydrogen-bond acceptors (Lipinski definition) is 4. The van der Waals surface area contributed by atoms with E-state index in [2.05, 4.69) is 56.4 Å². The number of rotatable bonds is 9. The highest BCUT2D eigenvalue weighted by Crippen LogP contribution is 2.38. The van der Waals surface area contributed by atoms with Gasteiger partial charge in [0, 0.05) is 12.5 Å². The van der Waals surface area contributed by atoms with Crippen molar-refractivity contribution in [2.45, 2.75) is 97.6 Å². The van der Waals surface area contributed by atoms with Gasteiger partial charge in [0.1, 0.15) is 5.75 Å². The van der Waals surface area contributed by atoms with Gasteiger partial charge < -0.3 is 14.8 Å². The molecule has 2 aliphatic rings. The monoisotopic (exact) mass is 441 g/mol. The molecule has 0 bridgehead atoms. The van der Waals surface area contributed by atoms with E-state index in [1.165, 1.54) is 36.8 Å². The van der Waals surface area contributed by atoms with Gasteiger partial charge in [-0.1, -0.05) is 45.4 Å². The Morgan fingerprint density at radius 1 is 1.06 bits per heavy atom. The number of ether oxygens (including phenoxy) is 2. The molecule has 1 atom stereocenters. The van der Waals surface area contributed by atoms with Gasteiger partial charge in [-0.15, -0.1) is 0 Å². The molecule has 4 heteroatoms. The summed E-state index contributed by atoms with van der Waals surface area (Å²) in [6, 6.07) is 9.09. The van der Waals surface area contributed by atoms with Crippen LogP contribution in [0.2, 0.25) is 0 Å². The Kier molecular flexibility index (Phi) is 9.22. The summed E-state index contributed by atoms with van der Waals surface area (Å²) in [6.07, 6.45) is 12.2. The van der Waals surface area contributed by atoms with Gasteiger partial charge in [0.15, 0.2) is 0 Å². The van der Waals surface area contributed by atoms with Crippen LogP contribution >= 0.6 is 0 Å². The van der Waals surface area contributed by atoms with Crippen molar-refractivity contribution >= 4 is 11.5 Å². The lowest BCUT2D eigenvalue weighted by Gasteiger charge is -2.37. The molecule has 0 spiro atoms. The number of esters is 1. The zero-order valence-electron chi connectivity index (χ0n) is 20.6. The lowest BCUT2D eigenvalue weighted by atomic mass is 9.72. The highest BCUT2D eigenvalue weighted by Gasteiger charge is 2.30. The van der Waals surface area contributed by atoms with Crippen molar-refractivity contribution in [1.29, 1.82) is 0 Å². The topological polar surface area (TPSA) is 47.6 Å². The first kappa shape index (κ1) is 24.8. The van der Waals surface area contributed by atoms with Gasteiger partial charge in [0.05, 0.1) is 12.7 Å². The average molecular weight is 442 g/mol. The quantitative estimate of drug-likeness (QED) is 0.349. The Balaban J connectivity index is 1.46. The lowest BCUT2D eigenvalue weighted by molar-refractivity contribution is -0.143. The first-order valence-corrected chi connectivity index (χ1v) is 12.7. The maximum Gasteiger partial charge on any atom is 0.305 e. The van der Waals surface area contributed by atoms with Crippen molar-refractivity contribution in [2.24, 2.45) is 11.3 Å². The first-order valence-electron chi connectivity index (χ1n) is 12.7. The number of carbonyl (C=O) groups is 1. The van der Waals surface area contributed by atoms with E-state index in [9.17, 15) is 4.79 Å². The molecule has 1 fully saturated rings. The Labute approximate surface area is 195 Å². The van der Waals surface area contributed by atoms with Crippen molar-refractivity contribution in [3.8, 4) is 5.75 Å². The standard InChI is InChI=1S/C28H43NO3/c1-5-31-27(30)9-7-6-8-24-20-22(18-19-29-24)21-10-14-25(15-11-21)32-26-16-12-23(13-17-26)28(2,3)4/h10-11,14-15,20,23-24,26,29H,5-9,12-13,16-19H2,1-4H3. The molecule has 32 heavy (non-hydrogen) atoms. The summed E-state index contributed by atoms with van der Waals surface area (Å²) in [5, 5.41) is 3.59. The Morgan fingerprint density at radius 3 is 2.44 bits per heavy atom. The van der Waals surface area contributed by atoms with Gasteiger partial charge in [-0.2, -0.15) is 0 Å². The lowest BCUT2D eigenvalue weighted by Crippen LogP contribution is -2.32. The van der Waals surface area contributed by atoms with Crippen LogP contribution in [0.1, 0.15) is 91.0 Å². The molecule has 1 heterocycles. The van der Waals surface area contributed by atoms with Crippen molar-refractivity contribution in [3.63, 3.8) is 0 Å². The zero-order chi connectivity index (χ0) is 23.0. The van der Waals surface area contributed by atoms with Crippen LogP contribution in [-0.2, 0) is 9.53 Å². The summed E-state index contributed by atoms with van der Waals surface area (Å²) in [7, 11) is 0. The normalized spacial score (nSPS) is 24.0. The molecular formula is C28H43NO3. The molecule has 0 radical (unpaired) electrons. The van der Waals surface area contributed by atoms with E-state index in [-0.39, 0.29) is 5.97 Å². The van der Waals surface area contributed by atoms with Gasteiger partial charge in [-0.25, -0.2) is 0 Å². The molecule has 1 N–H and O–H groups in total. The number of benzene rings is 1. The maximum absolute atomic E-state index is 11.5. The van der Waals surface area contributed by atoms with Crippen LogP contribution < -0.4 is 10.1 Å².